The van der Waals surface area contributed by atoms with Crippen LogP contribution in [0.25, 0.3) is 0 Å². The zero-order valence-electron chi connectivity index (χ0n) is 10.4. The van der Waals surface area contributed by atoms with E-state index in [1.54, 1.807) is 7.11 Å². The number of rotatable bonds is 5. The maximum absolute atomic E-state index is 6.26. The van der Waals surface area contributed by atoms with Crippen molar-refractivity contribution < 1.29 is 4.74 Å². The summed E-state index contributed by atoms with van der Waals surface area (Å²) in [5, 5.41) is 0. The fourth-order valence-corrected chi connectivity index (χ4v) is 2.85. The summed E-state index contributed by atoms with van der Waals surface area (Å²) in [4.78, 5) is 0. The van der Waals surface area contributed by atoms with Gasteiger partial charge in [-0.3, -0.25) is 0 Å². The first-order valence-corrected chi connectivity index (χ1v) is 6.99. The molecule has 1 aromatic carbocycles. The van der Waals surface area contributed by atoms with E-state index < -0.39 is 0 Å². The van der Waals surface area contributed by atoms with Gasteiger partial charge >= 0.3 is 0 Å². The Bertz CT molecular complexity index is 390. The molecule has 1 saturated carbocycles. The van der Waals surface area contributed by atoms with Gasteiger partial charge in [0.15, 0.2) is 0 Å². The summed E-state index contributed by atoms with van der Waals surface area (Å²) < 4.78 is 6.23. The van der Waals surface area contributed by atoms with Gasteiger partial charge in [0.05, 0.1) is 11.6 Å². The highest BCUT2D eigenvalue weighted by Gasteiger charge is 2.31. The zero-order valence-corrected chi connectivity index (χ0v) is 12.0. The molecule has 0 amide bonds. The highest BCUT2D eigenvalue weighted by atomic mass is 79.9. The van der Waals surface area contributed by atoms with Gasteiger partial charge in [0.1, 0.15) is 5.75 Å². The monoisotopic (exact) mass is 297 g/mol. The minimum atomic E-state index is 0.266. The Morgan fingerprint density at radius 3 is 2.71 bits per heavy atom. The maximum Gasteiger partial charge on any atom is 0.133 e. The van der Waals surface area contributed by atoms with E-state index in [-0.39, 0.29) is 6.04 Å². The van der Waals surface area contributed by atoms with Gasteiger partial charge in [0, 0.05) is 6.04 Å². The highest BCUT2D eigenvalue weighted by Crippen LogP contribution is 2.38. The van der Waals surface area contributed by atoms with Crippen LogP contribution in [0.5, 0.6) is 5.75 Å². The van der Waals surface area contributed by atoms with Crippen LogP contribution >= 0.6 is 15.9 Å². The van der Waals surface area contributed by atoms with E-state index in [1.807, 2.05) is 6.07 Å². The Morgan fingerprint density at radius 2 is 2.18 bits per heavy atom. The van der Waals surface area contributed by atoms with Crippen molar-refractivity contribution in [1.29, 1.82) is 0 Å². The third kappa shape index (κ3) is 3.23. The van der Waals surface area contributed by atoms with Crippen LogP contribution in [0.15, 0.2) is 22.7 Å². The van der Waals surface area contributed by atoms with Crippen LogP contribution in [0.4, 0.5) is 0 Å². The van der Waals surface area contributed by atoms with E-state index in [2.05, 4.69) is 35.0 Å². The number of benzene rings is 1. The van der Waals surface area contributed by atoms with Crippen LogP contribution in [-0.2, 0) is 6.42 Å². The summed E-state index contributed by atoms with van der Waals surface area (Å²) in [6.07, 6.45) is 3.67. The highest BCUT2D eigenvalue weighted by molar-refractivity contribution is 9.10. The second-order valence-electron chi connectivity index (χ2n) is 5.03. The van der Waals surface area contributed by atoms with Crippen molar-refractivity contribution in [3.8, 4) is 5.75 Å². The molecular formula is C14H20BrNO. The first-order valence-electron chi connectivity index (χ1n) is 6.20. The Balaban J connectivity index is 2.00. The molecular weight excluding hydrogens is 278 g/mol. The average Bonchev–Trinajstić information content (AvgIpc) is 3.12. The molecule has 1 fully saturated rings. The fourth-order valence-electron chi connectivity index (χ4n) is 2.27. The molecule has 1 aliphatic carbocycles. The molecule has 3 heteroatoms. The SMILES string of the molecule is COc1ccc(CC(N)C(C)C2CC2)cc1Br. The van der Waals surface area contributed by atoms with E-state index in [0.29, 0.717) is 5.92 Å². The van der Waals surface area contributed by atoms with Gasteiger partial charge in [0.2, 0.25) is 0 Å². The molecule has 0 heterocycles. The van der Waals surface area contributed by atoms with Gasteiger partial charge in [-0.1, -0.05) is 13.0 Å². The zero-order chi connectivity index (χ0) is 12.4. The molecule has 2 atom stereocenters. The van der Waals surface area contributed by atoms with Crippen molar-refractivity contribution >= 4 is 15.9 Å². The summed E-state index contributed by atoms with van der Waals surface area (Å²) >= 11 is 3.51. The third-order valence-corrected chi connectivity index (χ3v) is 4.35. The molecule has 1 aliphatic rings. The molecule has 0 aromatic heterocycles. The topological polar surface area (TPSA) is 35.2 Å². The number of ether oxygens (including phenoxy) is 1. The van der Waals surface area contributed by atoms with Crippen molar-refractivity contribution in [1.82, 2.24) is 0 Å². The summed E-state index contributed by atoms with van der Waals surface area (Å²) in [5.41, 5.74) is 7.54. The van der Waals surface area contributed by atoms with E-state index in [0.717, 1.165) is 22.6 Å². The standard InChI is InChI=1S/C14H20BrNO/c1-9(11-4-5-11)13(16)8-10-3-6-14(17-2)12(15)7-10/h3,6-7,9,11,13H,4-5,8,16H2,1-2H3. The van der Waals surface area contributed by atoms with Gasteiger partial charge in [0.25, 0.3) is 0 Å². The van der Waals surface area contributed by atoms with Gasteiger partial charge < -0.3 is 10.5 Å². The van der Waals surface area contributed by atoms with Crippen molar-refractivity contribution in [2.75, 3.05) is 7.11 Å². The molecule has 0 saturated heterocycles. The third-order valence-electron chi connectivity index (χ3n) is 3.73. The van der Waals surface area contributed by atoms with Crippen LogP contribution in [-0.4, -0.2) is 13.2 Å². The lowest BCUT2D eigenvalue weighted by Gasteiger charge is -2.19. The van der Waals surface area contributed by atoms with E-state index >= 15 is 0 Å². The molecule has 0 spiro atoms. The first kappa shape index (κ1) is 12.9. The van der Waals surface area contributed by atoms with Crippen LogP contribution < -0.4 is 10.5 Å². The van der Waals surface area contributed by atoms with Gasteiger partial charge in [-0.25, -0.2) is 0 Å². The molecule has 2 rings (SSSR count). The van der Waals surface area contributed by atoms with E-state index in [4.69, 9.17) is 10.5 Å². The Kier molecular flexibility index (Phi) is 4.10. The Morgan fingerprint density at radius 1 is 1.47 bits per heavy atom. The van der Waals surface area contributed by atoms with Crippen molar-refractivity contribution in [3.05, 3.63) is 28.2 Å². The number of nitrogens with two attached hydrogens (primary N) is 1. The minimum absolute atomic E-state index is 0.266. The predicted molar refractivity (Wildman–Crippen MR) is 74.3 cm³/mol. The van der Waals surface area contributed by atoms with Crippen LogP contribution in [0, 0.1) is 11.8 Å². The van der Waals surface area contributed by atoms with Crippen LogP contribution in [0.3, 0.4) is 0 Å². The average molecular weight is 298 g/mol. The van der Waals surface area contributed by atoms with Crippen molar-refractivity contribution in [2.45, 2.75) is 32.2 Å². The molecule has 2 unspecified atom stereocenters. The van der Waals surface area contributed by atoms with Crippen molar-refractivity contribution in [3.63, 3.8) is 0 Å². The second kappa shape index (κ2) is 5.40. The first-order chi connectivity index (χ1) is 8.11. The lowest BCUT2D eigenvalue weighted by molar-refractivity contribution is 0.402. The van der Waals surface area contributed by atoms with Crippen LogP contribution in [0.1, 0.15) is 25.3 Å². The Hall–Kier alpha value is -0.540. The fraction of sp³-hybridized carbons (Fsp3) is 0.571. The number of halogens is 1. The largest absolute Gasteiger partial charge is 0.496 e. The van der Waals surface area contributed by atoms with Crippen molar-refractivity contribution in [2.24, 2.45) is 17.6 Å². The number of methoxy groups -OCH3 is 1. The van der Waals surface area contributed by atoms with Gasteiger partial charge in [-0.15, -0.1) is 0 Å². The summed E-state index contributed by atoms with van der Waals surface area (Å²) in [6.45, 7) is 2.28. The molecule has 0 radical (unpaired) electrons. The minimum Gasteiger partial charge on any atom is -0.496 e. The lowest BCUT2D eigenvalue weighted by Crippen LogP contribution is -2.31. The maximum atomic E-state index is 6.26. The van der Waals surface area contributed by atoms with E-state index in [9.17, 15) is 0 Å². The summed E-state index contributed by atoms with van der Waals surface area (Å²) in [7, 11) is 1.68. The van der Waals surface area contributed by atoms with Crippen LogP contribution in [0.2, 0.25) is 0 Å². The molecule has 17 heavy (non-hydrogen) atoms. The molecule has 0 bridgehead atoms. The lowest BCUT2D eigenvalue weighted by atomic mass is 9.92. The smallest absolute Gasteiger partial charge is 0.133 e. The molecule has 0 aliphatic heterocycles. The quantitative estimate of drug-likeness (QED) is 0.904. The molecule has 2 N–H and O–H groups in total. The molecule has 1 aromatic rings. The number of hydrogen-bond acceptors (Lipinski definition) is 2. The van der Waals surface area contributed by atoms with Gasteiger partial charge in [-0.05, 0) is 64.7 Å². The Labute approximate surface area is 112 Å². The summed E-state index contributed by atoms with van der Waals surface area (Å²) in [6, 6.07) is 6.47. The predicted octanol–water partition coefficient (Wildman–Crippen LogP) is 3.37. The molecule has 2 nitrogen and oxygen atoms in total. The normalized spacial score (nSPS) is 18.8. The number of hydrogen-bond donors (Lipinski definition) is 1. The van der Waals surface area contributed by atoms with E-state index in [1.165, 1.54) is 18.4 Å². The molecule has 94 valence electrons. The second-order valence-corrected chi connectivity index (χ2v) is 5.89. The summed E-state index contributed by atoms with van der Waals surface area (Å²) in [5.74, 6) is 2.38. The van der Waals surface area contributed by atoms with Gasteiger partial charge in [-0.2, -0.15) is 0 Å².